The van der Waals surface area contributed by atoms with Crippen molar-refractivity contribution in [3.8, 4) is 0 Å². The molecule has 5 nitrogen and oxygen atoms in total. The molecule has 0 atom stereocenters. The maximum atomic E-state index is 12.5. The molecule has 1 aromatic carbocycles. The first-order chi connectivity index (χ1) is 13.1. The first kappa shape index (κ1) is 18.5. The van der Waals surface area contributed by atoms with Crippen molar-refractivity contribution in [2.75, 3.05) is 5.75 Å². The minimum atomic E-state index is -0.345. The minimum Gasteiger partial charge on any atom is -0.459 e. The number of fused-ring (bicyclic) bond motifs is 3. The summed E-state index contributed by atoms with van der Waals surface area (Å²) in [6.45, 7) is 0.00825. The second kappa shape index (κ2) is 8.04. The molecule has 0 amide bonds. The minimum absolute atomic E-state index is 0.00825. The number of thiazole rings is 1. The summed E-state index contributed by atoms with van der Waals surface area (Å²) in [5, 5.41) is 0.657. The summed E-state index contributed by atoms with van der Waals surface area (Å²) in [7, 11) is 0. The van der Waals surface area contributed by atoms with Gasteiger partial charge >= 0.3 is 5.97 Å². The molecule has 0 fully saturated rings. The van der Waals surface area contributed by atoms with Crippen LogP contribution in [0.5, 0.6) is 0 Å². The van der Waals surface area contributed by atoms with E-state index < -0.39 is 0 Å². The summed E-state index contributed by atoms with van der Waals surface area (Å²) < 4.78 is 7.00. The van der Waals surface area contributed by atoms with Gasteiger partial charge in [0.05, 0.1) is 11.4 Å². The van der Waals surface area contributed by atoms with Gasteiger partial charge in [-0.1, -0.05) is 11.6 Å². The van der Waals surface area contributed by atoms with Crippen LogP contribution < -0.4 is 5.56 Å². The van der Waals surface area contributed by atoms with Gasteiger partial charge in [0, 0.05) is 26.6 Å². The Morgan fingerprint density at radius 3 is 2.85 bits per heavy atom. The largest absolute Gasteiger partial charge is 0.459 e. The maximum Gasteiger partial charge on any atom is 0.316 e. The number of hydrogen-bond acceptors (Lipinski definition) is 6. The normalized spacial score (nSPS) is 13.5. The number of nitrogens with zero attached hydrogens (tertiary/aromatic N) is 2. The van der Waals surface area contributed by atoms with E-state index in [1.54, 1.807) is 27.9 Å². The van der Waals surface area contributed by atoms with Gasteiger partial charge in [0.2, 0.25) is 0 Å². The standard InChI is InChI=1S/C19H17ClN2O3S2/c20-12-5-7-14(8-6-12)26-11-18(24)25-10-13-9-17(23)22-15-3-1-2-4-16(15)27-19(22)21-13/h5-9H,1-4,10-11H2. The lowest BCUT2D eigenvalue weighted by Crippen LogP contribution is -2.18. The highest BCUT2D eigenvalue weighted by molar-refractivity contribution is 8.00. The molecule has 140 valence electrons. The Balaban J connectivity index is 1.40. The molecule has 0 saturated carbocycles. The molecule has 1 aliphatic carbocycles. The van der Waals surface area contributed by atoms with Gasteiger partial charge < -0.3 is 4.74 Å². The van der Waals surface area contributed by atoms with E-state index in [4.69, 9.17) is 16.3 Å². The molecule has 0 unspecified atom stereocenters. The van der Waals surface area contributed by atoms with Crippen molar-refractivity contribution < 1.29 is 9.53 Å². The summed E-state index contributed by atoms with van der Waals surface area (Å²) in [5.41, 5.74) is 1.49. The van der Waals surface area contributed by atoms with Crippen molar-refractivity contribution in [1.82, 2.24) is 9.38 Å². The highest BCUT2D eigenvalue weighted by Gasteiger charge is 2.18. The summed E-state index contributed by atoms with van der Waals surface area (Å²) >= 11 is 8.79. The number of halogens is 1. The fraction of sp³-hybridized carbons (Fsp3) is 0.316. The molecule has 3 aromatic rings. The Kier molecular flexibility index (Phi) is 5.52. The second-order valence-corrected chi connectivity index (χ2v) is 8.83. The average molecular weight is 421 g/mol. The molecule has 8 heteroatoms. The zero-order chi connectivity index (χ0) is 18.8. The lowest BCUT2D eigenvalue weighted by Gasteiger charge is -2.10. The number of carbonyl (C=O) groups is 1. The SMILES string of the molecule is O=C(CSc1ccc(Cl)cc1)OCc1cc(=O)n2c3c(sc2n1)CCCC3. The zero-order valence-electron chi connectivity index (χ0n) is 14.4. The molecular formula is C19H17ClN2O3S2. The first-order valence-electron chi connectivity index (χ1n) is 8.67. The van der Waals surface area contributed by atoms with Crippen molar-refractivity contribution in [1.29, 1.82) is 0 Å². The molecular weight excluding hydrogens is 404 g/mol. The van der Waals surface area contributed by atoms with Crippen LogP contribution in [0.4, 0.5) is 0 Å². The maximum absolute atomic E-state index is 12.5. The van der Waals surface area contributed by atoms with E-state index in [9.17, 15) is 9.59 Å². The van der Waals surface area contributed by atoms with Gasteiger partial charge in [0.15, 0.2) is 4.96 Å². The number of aryl methyl sites for hydroxylation is 2. The van der Waals surface area contributed by atoms with Crippen LogP contribution in [0, 0.1) is 0 Å². The summed E-state index contributed by atoms with van der Waals surface area (Å²) in [4.78, 5) is 31.9. The second-order valence-electron chi connectivity index (χ2n) is 6.29. The van der Waals surface area contributed by atoms with Crippen LogP contribution >= 0.6 is 34.7 Å². The monoisotopic (exact) mass is 420 g/mol. The lowest BCUT2D eigenvalue weighted by atomic mass is 10.0. The molecule has 2 aromatic heterocycles. The number of carbonyl (C=O) groups excluding carboxylic acids is 1. The molecule has 4 rings (SSSR count). The number of esters is 1. The Labute approximate surface area is 169 Å². The molecule has 27 heavy (non-hydrogen) atoms. The van der Waals surface area contributed by atoms with Gasteiger partial charge in [-0.25, -0.2) is 4.98 Å². The summed E-state index contributed by atoms with van der Waals surface area (Å²) in [6, 6.07) is 8.74. The first-order valence-corrected chi connectivity index (χ1v) is 10.9. The van der Waals surface area contributed by atoms with Crippen molar-refractivity contribution in [2.45, 2.75) is 37.2 Å². The third kappa shape index (κ3) is 4.20. The van der Waals surface area contributed by atoms with Gasteiger partial charge in [-0.2, -0.15) is 0 Å². The molecule has 0 N–H and O–H groups in total. The average Bonchev–Trinajstić information content (AvgIpc) is 3.05. The highest BCUT2D eigenvalue weighted by Crippen LogP contribution is 2.28. The van der Waals surface area contributed by atoms with Gasteiger partial charge in [0.1, 0.15) is 6.61 Å². The Morgan fingerprint density at radius 2 is 2.04 bits per heavy atom. The number of rotatable bonds is 5. The van der Waals surface area contributed by atoms with Gasteiger partial charge in [-0.05, 0) is 49.9 Å². The predicted molar refractivity (Wildman–Crippen MR) is 108 cm³/mol. The quantitative estimate of drug-likeness (QED) is 0.459. The molecule has 0 bridgehead atoms. The van der Waals surface area contributed by atoms with Crippen LogP contribution in [0.25, 0.3) is 4.96 Å². The summed E-state index contributed by atoms with van der Waals surface area (Å²) in [6.07, 6.45) is 4.20. The number of ether oxygens (including phenoxy) is 1. The van der Waals surface area contributed by atoms with Crippen LogP contribution in [-0.2, 0) is 29.0 Å². The van der Waals surface area contributed by atoms with Crippen molar-refractivity contribution in [2.24, 2.45) is 0 Å². The Hall–Kier alpha value is -1.83. The predicted octanol–water partition coefficient (Wildman–Crippen LogP) is 4.12. The molecule has 0 saturated heterocycles. The van der Waals surface area contributed by atoms with Crippen LogP contribution in [0.15, 0.2) is 40.0 Å². The van der Waals surface area contributed by atoms with E-state index >= 15 is 0 Å². The molecule has 0 spiro atoms. The van der Waals surface area contributed by atoms with E-state index in [2.05, 4.69) is 4.98 Å². The Bertz CT molecular complexity index is 1040. The van der Waals surface area contributed by atoms with Crippen molar-refractivity contribution >= 4 is 45.6 Å². The van der Waals surface area contributed by atoms with Gasteiger partial charge in [-0.3, -0.25) is 14.0 Å². The van der Waals surface area contributed by atoms with Crippen LogP contribution in [0.2, 0.25) is 5.02 Å². The van der Waals surface area contributed by atoms with Crippen LogP contribution in [-0.4, -0.2) is 21.1 Å². The smallest absolute Gasteiger partial charge is 0.316 e. The van der Waals surface area contributed by atoms with Crippen molar-refractivity contribution in [3.05, 3.63) is 62.0 Å². The van der Waals surface area contributed by atoms with Crippen LogP contribution in [0.1, 0.15) is 29.1 Å². The zero-order valence-corrected chi connectivity index (χ0v) is 16.8. The molecule has 0 radical (unpaired) electrons. The fourth-order valence-electron chi connectivity index (χ4n) is 3.08. The molecule has 0 aliphatic heterocycles. The van der Waals surface area contributed by atoms with E-state index in [0.717, 1.165) is 36.3 Å². The highest BCUT2D eigenvalue weighted by atomic mass is 35.5. The van der Waals surface area contributed by atoms with Crippen molar-refractivity contribution in [3.63, 3.8) is 0 Å². The van der Waals surface area contributed by atoms with E-state index in [1.807, 2.05) is 12.1 Å². The topological polar surface area (TPSA) is 60.7 Å². The molecule has 2 heterocycles. The van der Waals surface area contributed by atoms with E-state index in [1.165, 1.54) is 22.7 Å². The third-order valence-electron chi connectivity index (χ3n) is 4.37. The lowest BCUT2D eigenvalue weighted by molar-refractivity contribution is -0.141. The summed E-state index contributed by atoms with van der Waals surface area (Å²) in [5.74, 6) is -0.154. The number of aromatic nitrogens is 2. The fourth-order valence-corrected chi connectivity index (χ4v) is 5.14. The van der Waals surface area contributed by atoms with E-state index in [0.29, 0.717) is 15.7 Å². The van der Waals surface area contributed by atoms with Crippen LogP contribution in [0.3, 0.4) is 0 Å². The molecule has 1 aliphatic rings. The number of hydrogen-bond donors (Lipinski definition) is 0. The van der Waals surface area contributed by atoms with Gasteiger partial charge in [0.25, 0.3) is 5.56 Å². The third-order valence-corrected chi connectivity index (χ3v) is 6.75. The Morgan fingerprint density at radius 1 is 1.26 bits per heavy atom. The van der Waals surface area contributed by atoms with Gasteiger partial charge in [-0.15, -0.1) is 23.1 Å². The number of benzene rings is 1. The van der Waals surface area contributed by atoms with E-state index in [-0.39, 0.29) is 23.9 Å². The number of thioether (sulfide) groups is 1.